The van der Waals surface area contributed by atoms with E-state index in [1.165, 1.54) is 7.11 Å². The molecule has 8 nitrogen and oxygen atoms in total. The van der Waals surface area contributed by atoms with Gasteiger partial charge in [-0.3, -0.25) is 10.1 Å². The van der Waals surface area contributed by atoms with E-state index < -0.39 is 14.9 Å². The van der Waals surface area contributed by atoms with Crippen molar-refractivity contribution >= 4 is 21.4 Å². The molecule has 1 aromatic rings. The van der Waals surface area contributed by atoms with Crippen molar-refractivity contribution in [2.75, 3.05) is 25.6 Å². The lowest BCUT2D eigenvalue weighted by Crippen LogP contribution is -2.16. The number of nitrogens with two attached hydrogens (primary N) is 1. The third-order valence-electron chi connectivity index (χ3n) is 2.10. The standard InChI is InChI=1S/C9H13N3O5S/c1-17-5-4-11-8-6-7(12(13)14)2-3-9(8)18(10,15)16/h2-3,6,11H,4-5H2,1H3,(H2,10,15,16). The van der Waals surface area contributed by atoms with Crippen LogP contribution in [-0.2, 0) is 14.8 Å². The fourth-order valence-corrected chi connectivity index (χ4v) is 2.00. The Morgan fingerprint density at radius 1 is 1.50 bits per heavy atom. The summed E-state index contributed by atoms with van der Waals surface area (Å²) in [5.41, 5.74) is -0.133. The van der Waals surface area contributed by atoms with Crippen molar-refractivity contribution < 1.29 is 18.1 Å². The van der Waals surface area contributed by atoms with Gasteiger partial charge in [-0.1, -0.05) is 0 Å². The molecule has 0 radical (unpaired) electrons. The Labute approximate surface area is 104 Å². The van der Waals surface area contributed by atoms with Gasteiger partial charge in [0.05, 0.1) is 17.2 Å². The molecule has 1 rings (SSSR count). The molecular formula is C9H13N3O5S. The molecule has 0 aliphatic carbocycles. The summed E-state index contributed by atoms with van der Waals surface area (Å²) < 4.78 is 27.4. The van der Waals surface area contributed by atoms with Crippen LogP contribution in [-0.4, -0.2) is 33.6 Å². The minimum Gasteiger partial charge on any atom is -0.383 e. The van der Waals surface area contributed by atoms with Crippen LogP contribution in [0.4, 0.5) is 11.4 Å². The second kappa shape index (κ2) is 5.76. The van der Waals surface area contributed by atoms with Gasteiger partial charge in [0.2, 0.25) is 10.0 Å². The second-order valence-corrected chi connectivity index (χ2v) is 4.93. The summed E-state index contributed by atoms with van der Waals surface area (Å²) in [6, 6.07) is 3.30. The first-order valence-electron chi connectivity index (χ1n) is 4.90. The van der Waals surface area contributed by atoms with E-state index >= 15 is 0 Å². The molecule has 18 heavy (non-hydrogen) atoms. The molecule has 0 aromatic heterocycles. The van der Waals surface area contributed by atoms with Gasteiger partial charge in [0.25, 0.3) is 5.69 Å². The van der Waals surface area contributed by atoms with Gasteiger partial charge in [-0.25, -0.2) is 13.6 Å². The largest absolute Gasteiger partial charge is 0.383 e. The maximum atomic E-state index is 11.3. The Kier molecular flexibility index (Phi) is 4.59. The number of nitro benzene ring substituents is 1. The number of anilines is 1. The highest BCUT2D eigenvalue weighted by molar-refractivity contribution is 7.89. The lowest BCUT2D eigenvalue weighted by atomic mass is 10.3. The Balaban J connectivity index is 3.14. The lowest BCUT2D eigenvalue weighted by molar-refractivity contribution is -0.384. The number of non-ortho nitro benzene ring substituents is 1. The van der Waals surface area contributed by atoms with Crippen molar-refractivity contribution in [1.82, 2.24) is 0 Å². The highest BCUT2D eigenvalue weighted by Gasteiger charge is 2.17. The molecule has 9 heteroatoms. The van der Waals surface area contributed by atoms with E-state index in [2.05, 4.69) is 5.32 Å². The first-order chi connectivity index (χ1) is 8.36. The molecule has 100 valence electrons. The number of nitro groups is 1. The van der Waals surface area contributed by atoms with Crippen molar-refractivity contribution in [3.05, 3.63) is 28.3 Å². The van der Waals surface area contributed by atoms with E-state index in [9.17, 15) is 18.5 Å². The minimum absolute atomic E-state index is 0.0868. The number of benzene rings is 1. The molecule has 0 fully saturated rings. The highest BCUT2D eigenvalue weighted by atomic mass is 32.2. The molecule has 0 heterocycles. The molecule has 0 aliphatic rings. The van der Waals surface area contributed by atoms with Crippen LogP contribution in [0.2, 0.25) is 0 Å². The summed E-state index contributed by atoms with van der Waals surface area (Å²) >= 11 is 0. The smallest absolute Gasteiger partial charge is 0.271 e. The average molecular weight is 275 g/mol. The Morgan fingerprint density at radius 3 is 2.67 bits per heavy atom. The number of hydrogen-bond donors (Lipinski definition) is 2. The van der Waals surface area contributed by atoms with Crippen LogP contribution in [0.25, 0.3) is 0 Å². The molecule has 0 atom stereocenters. The van der Waals surface area contributed by atoms with Gasteiger partial charge in [0.1, 0.15) is 4.90 Å². The summed E-state index contributed by atoms with van der Waals surface area (Å²) in [5, 5.41) is 18.4. The second-order valence-electron chi connectivity index (χ2n) is 3.40. The van der Waals surface area contributed by atoms with Gasteiger partial charge in [0, 0.05) is 25.8 Å². The van der Waals surface area contributed by atoms with Crippen molar-refractivity contribution in [2.24, 2.45) is 5.14 Å². The molecule has 3 N–H and O–H groups in total. The van der Waals surface area contributed by atoms with E-state index in [0.717, 1.165) is 18.2 Å². The number of nitrogens with zero attached hydrogens (tertiary/aromatic N) is 1. The van der Waals surface area contributed by atoms with Crippen LogP contribution in [0.1, 0.15) is 0 Å². The Bertz CT molecular complexity index is 543. The van der Waals surface area contributed by atoms with E-state index in [0.29, 0.717) is 13.2 Å². The SMILES string of the molecule is COCCNc1cc([N+](=O)[O-])ccc1S(N)(=O)=O. The number of methoxy groups -OCH3 is 1. The topological polar surface area (TPSA) is 125 Å². The van der Waals surface area contributed by atoms with Crippen molar-refractivity contribution in [3.8, 4) is 0 Å². The summed E-state index contributed by atoms with van der Waals surface area (Å²) in [6.07, 6.45) is 0. The van der Waals surface area contributed by atoms with E-state index in [-0.39, 0.29) is 16.3 Å². The van der Waals surface area contributed by atoms with Gasteiger partial charge in [-0.05, 0) is 6.07 Å². The molecule has 0 saturated carbocycles. The van der Waals surface area contributed by atoms with E-state index in [1.807, 2.05) is 0 Å². The zero-order valence-corrected chi connectivity index (χ0v) is 10.4. The summed E-state index contributed by atoms with van der Waals surface area (Å²) in [7, 11) is -2.46. The summed E-state index contributed by atoms with van der Waals surface area (Å²) in [4.78, 5) is 9.81. The van der Waals surface area contributed by atoms with Crippen molar-refractivity contribution in [1.29, 1.82) is 0 Å². The monoisotopic (exact) mass is 275 g/mol. The fraction of sp³-hybridized carbons (Fsp3) is 0.333. The average Bonchev–Trinajstić information content (AvgIpc) is 2.27. The predicted molar refractivity (Wildman–Crippen MR) is 64.8 cm³/mol. The van der Waals surface area contributed by atoms with Crippen LogP contribution < -0.4 is 10.5 Å². The van der Waals surface area contributed by atoms with Crippen LogP contribution in [0.3, 0.4) is 0 Å². The van der Waals surface area contributed by atoms with Gasteiger partial charge < -0.3 is 10.1 Å². The molecule has 0 spiro atoms. The molecule has 0 aliphatic heterocycles. The maximum absolute atomic E-state index is 11.3. The van der Waals surface area contributed by atoms with E-state index in [1.54, 1.807) is 0 Å². The summed E-state index contributed by atoms with van der Waals surface area (Å²) in [6.45, 7) is 0.632. The number of ether oxygens (including phenoxy) is 1. The molecule has 0 bridgehead atoms. The fourth-order valence-electron chi connectivity index (χ4n) is 1.31. The minimum atomic E-state index is -3.94. The van der Waals surface area contributed by atoms with E-state index in [4.69, 9.17) is 9.88 Å². The Hall–Kier alpha value is -1.71. The molecule has 0 amide bonds. The molecular weight excluding hydrogens is 262 g/mol. The first-order valence-corrected chi connectivity index (χ1v) is 6.45. The molecule has 0 unspecified atom stereocenters. The number of rotatable bonds is 6. The van der Waals surface area contributed by atoms with Crippen LogP contribution >= 0.6 is 0 Å². The van der Waals surface area contributed by atoms with Crippen LogP contribution in [0.5, 0.6) is 0 Å². The summed E-state index contributed by atoms with van der Waals surface area (Å²) in [5.74, 6) is 0. The number of hydrogen-bond acceptors (Lipinski definition) is 6. The normalized spacial score (nSPS) is 11.2. The zero-order valence-electron chi connectivity index (χ0n) is 9.62. The highest BCUT2D eigenvalue weighted by Crippen LogP contribution is 2.25. The first kappa shape index (κ1) is 14.4. The molecule has 0 saturated heterocycles. The predicted octanol–water partition coefficient (Wildman–Crippen LogP) is 0.301. The maximum Gasteiger partial charge on any atom is 0.271 e. The third kappa shape index (κ3) is 3.65. The van der Waals surface area contributed by atoms with Gasteiger partial charge in [0.15, 0.2) is 0 Å². The number of nitrogens with one attached hydrogen (secondary N) is 1. The van der Waals surface area contributed by atoms with Gasteiger partial charge >= 0.3 is 0 Å². The van der Waals surface area contributed by atoms with Gasteiger partial charge in [-0.15, -0.1) is 0 Å². The quantitative estimate of drug-likeness (QED) is 0.437. The zero-order chi connectivity index (χ0) is 13.8. The lowest BCUT2D eigenvalue weighted by Gasteiger charge is -2.09. The van der Waals surface area contributed by atoms with Crippen LogP contribution in [0, 0.1) is 10.1 Å². The number of sulfonamides is 1. The van der Waals surface area contributed by atoms with Gasteiger partial charge in [-0.2, -0.15) is 0 Å². The van der Waals surface area contributed by atoms with Crippen molar-refractivity contribution in [3.63, 3.8) is 0 Å². The Morgan fingerprint density at radius 2 is 2.17 bits per heavy atom. The van der Waals surface area contributed by atoms with Crippen molar-refractivity contribution in [2.45, 2.75) is 4.90 Å². The third-order valence-corrected chi connectivity index (χ3v) is 3.07. The van der Waals surface area contributed by atoms with Crippen LogP contribution in [0.15, 0.2) is 23.1 Å². The number of primary sulfonamides is 1. The molecule has 1 aromatic carbocycles.